The third kappa shape index (κ3) is 11.5. The van der Waals surface area contributed by atoms with Gasteiger partial charge in [0.05, 0.1) is 20.2 Å². The molecule has 4 aromatic rings. The van der Waals surface area contributed by atoms with Crippen molar-refractivity contribution in [3.63, 3.8) is 0 Å². The van der Waals surface area contributed by atoms with Gasteiger partial charge in [-0.2, -0.15) is 0 Å². The Morgan fingerprint density at radius 2 is 1.19 bits per heavy atom. The van der Waals surface area contributed by atoms with Crippen LogP contribution in [-0.4, -0.2) is 59.5 Å². The first kappa shape index (κ1) is 37.3. The van der Waals surface area contributed by atoms with Crippen molar-refractivity contribution in [1.82, 2.24) is 29.5 Å². The van der Waals surface area contributed by atoms with Gasteiger partial charge in [-0.15, -0.1) is 10.2 Å². The number of hydrogen-bond acceptors (Lipinski definition) is 9. The number of esters is 1. The molecular weight excluding hydrogens is 458 g/mol. The number of hydrogen-bond donors (Lipinski definition) is 0. The van der Waals surface area contributed by atoms with Crippen molar-refractivity contribution in [3.8, 4) is 0 Å². The molecular formula is C22H26Li2N6O6. The van der Waals surface area contributed by atoms with Crippen LogP contribution in [0.1, 0.15) is 39.8 Å². The Hall–Kier alpha value is -3.23. The van der Waals surface area contributed by atoms with Gasteiger partial charge in [-0.05, 0) is 11.1 Å². The zero-order valence-electron chi connectivity index (χ0n) is 19.6. The minimum Gasteiger partial charge on any atom is -0.870 e. The van der Waals surface area contributed by atoms with Crippen LogP contribution in [0.4, 0.5) is 0 Å². The van der Waals surface area contributed by atoms with Gasteiger partial charge < -0.3 is 25.6 Å². The molecule has 14 heteroatoms. The maximum atomic E-state index is 11.1. The molecule has 0 fully saturated rings. The van der Waals surface area contributed by atoms with Gasteiger partial charge in [-0.25, -0.2) is 24.1 Å². The molecule has 4 rings (SSSR count). The van der Waals surface area contributed by atoms with Gasteiger partial charge in [0.15, 0.2) is 5.82 Å². The zero-order valence-corrected chi connectivity index (χ0v) is 19.6. The predicted octanol–water partition coefficient (Wildman–Crippen LogP) is -5.55. The standard InChI is InChI=1S/C11H11N3O2.C10H9N3O2.CH4.2Li.2H2O/c1-16-11(15)10-12-8-14(13-10)7-9-5-3-2-4-6-9;14-10(15)9-11-7-13(12-9)6-8-4-2-1-3-5-8;;;;;/h2-6,8H,7H2,1H3;1-5,7H,6H2,(H,14,15);1H4;;;2*1H2/q;;;2*+1;;/p-2. The fourth-order valence-corrected chi connectivity index (χ4v) is 2.56. The Morgan fingerprint density at radius 1 is 0.806 bits per heavy atom. The van der Waals surface area contributed by atoms with Gasteiger partial charge in [0.25, 0.3) is 5.82 Å². The molecule has 2 aromatic heterocycles. The first-order valence-corrected chi connectivity index (χ1v) is 9.21. The Morgan fingerprint density at radius 3 is 1.56 bits per heavy atom. The molecule has 36 heavy (non-hydrogen) atoms. The van der Waals surface area contributed by atoms with Gasteiger partial charge in [0.2, 0.25) is 0 Å². The summed E-state index contributed by atoms with van der Waals surface area (Å²) in [7, 11) is 1.31. The summed E-state index contributed by atoms with van der Waals surface area (Å²) in [5.74, 6) is -2.09. The Balaban J connectivity index is -0.000000532. The number of methoxy groups -OCH3 is 1. The van der Waals surface area contributed by atoms with E-state index in [0.717, 1.165) is 11.1 Å². The van der Waals surface area contributed by atoms with Crippen LogP contribution in [0.3, 0.4) is 0 Å². The summed E-state index contributed by atoms with van der Waals surface area (Å²) in [6, 6.07) is 19.4. The summed E-state index contributed by atoms with van der Waals surface area (Å²) in [5, 5.41) is 18.2. The molecule has 182 valence electrons. The number of carbonyl (C=O) groups is 2. The molecule has 0 spiro atoms. The van der Waals surface area contributed by atoms with Gasteiger partial charge in [-0.3, -0.25) is 0 Å². The van der Waals surface area contributed by atoms with Crippen LogP contribution in [0.15, 0.2) is 73.3 Å². The first-order chi connectivity index (χ1) is 15.0. The van der Waals surface area contributed by atoms with Crippen LogP contribution in [0.25, 0.3) is 0 Å². The van der Waals surface area contributed by atoms with Crippen molar-refractivity contribution in [2.45, 2.75) is 20.5 Å². The third-order valence-electron chi connectivity index (χ3n) is 4.00. The van der Waals surface area contributed by atoms with E-state index in [2.05, 4.69) is 24.9 Å². The number of carbonyl (C=O) groups excluding carboxylic acids is 2. The van der Waals surface area contributed by atoms with Crippen LogP contribution >= 0.6 is 0 Å². The predicted molar refractivity (Wildman–Crippen MR) is 119 cm³/mol. The van der Waals surface area contributed by atoms with E-state index >= 15 is 0 Å². The number of aromatic nitrogens is 6. The number of nitrogens with zero attached hydrogens (tertiary/aromatic N) is 6. The molecule has 0 amide bonds. The molecule has 0 unspecified atom stereocenters. The van der Waals surface area contributed by atoms with E-state index in [1.807, 2.05) is 60.7 Å². The van der Waals surface area contributed by atoms with Gasteiger partial charge in [0.1, 0.15) is 18.6 Å². The second-order valence-corrected chi connectivity index (χ2v) is 6.28. The van der Waals surface area contributed by atoms with Gasteiger partial charge >= 0.3 is 43.7 Å². The number of rotatable bonds is 6. The normalized spacial score (nSPS) is 8.69. The van der Waals surface area contributed by atoms with Crippen molar-refractivity contribution in [2.75, 3.05) is 7.11 Å². The molecule has 2 heterocycles. The average Bonchev–Trinajstić information content (AvgIpc) is 3.45. The molecule has 0 saturated heterocycles. The minimum atomic E-state index is -1.36. The minimum absolute atomic E-state index is 0. The fraction of sp³-hybridized carbons (Fsp3) is 0.182. The molecule has 0 aliphatic rings. The van der Waals surface area contributed by atoms with Crippen LogP contribution in [0.5, 0.6) is 0 Å². The summed E-state index contributed by atoms with van der Waals surface area (Å²) in [6.45, 7) is 1.09. The largest absolute Gasteiger partial charge is 1.00 e. The van der Waals surface area contributed by atoms with Gasteiger partial charge in [-0.1, -0.05) is 68.1 Å². The van der Waals surface area contributed by atoms with Crippen LogP contribution in [-0.2, 0) is 17.8 Å². The third-order valence-corrected chi connectivity index (χ3v) is 4.00. The topological polar surface area (TPSA) is 189 Å². The van der Waals surface area contributed by atoms with E-state index in [0.29, 0.717) is 13.1 Å². The van der Waals surface area contributed by atoms with Crippen molar-refractivity contribution in [2.24, 2.45) is 0 Å². The number of aromatic carboxylic acids is 1. The Kier molecular flexibility index (Phi) is 19.7. The Labute approximate surface area is 232 Å². The fourth-order valence-electron chi connectivity index (χ4n) is 2.56. The monoisotopic (exact) mass is 484 g/mol. The molecule has 0 aliphatic carbocycles. The molecule has 3 N–H and O–H groups in total. The van der Waals surface area contributed by atoms with E-state index in [9.17, 15) is 14.7 Å². The van der Waals surface area contributed by atoms with Gasteiger partial charge in [0, 0.05) is 0 Å². The number of carboxylic acids is 1. The zero-order chi connectivity index (χ0) is 22.1. The average molecular weight is 484 g/mol. The summed E-state index contributed by atoms with van der Waals surface area (Å²) in [6.07, 6.45) is 2.89. The second kappa shape index (κ2) is 19.0. The van der Waals surface area contributed by atoms with E-state index < -0.39 is 11.9 Å². The van der Waals surface area contributed by atoms with E-state index in [1.54, 1.807) is 4.68 Å². The molecule has 0 radical (unpaired) electrons. The summed E-state index contributed by atoms with van der Waals surface area (Å²) >= 11 is 0. The van der Waals surface area contributed by atoms with Crippen molar-refractivity contribution in [1.29, 1.82) is 0 Å². The Bertz CT molecular complexity index is 1140. The number of benzene rings is 2. The number of carboxylic acid groups (broad SMARTS) is 1. The quantitative estimate of drug-likeness (QED) is 0.190. The second-order valence-electron chi connectivity index (χ2n) is 6.28. The summed E-state index contributed by atoms with van der Waals surface area (Å²) in [4.78, 5) is 29.0. The maximum absolute atomic E-state index is 11.1. The molecule has 0 saturated carbocycles. The smallest absolute Gasteiger partial charge is 0.870 e. The van der Waals surface area contributed by atoms with Crippen LogP contribution in [0.2, 0.25) is 0 Å². The van der Waals surface area contributed by atoms with E-state index in [1.165, 1.54) is 24.4 Å². The van der Waals surface area contributed by atoms with E-state index in [-0.39, 0.29) is 67.7 Å². The molecule has 0 aliphatic heterocycles. The molecule has 12 nitrogen and oxygen atoms in total. The van der Waals surface area contributed by atoms with Crippen molar-refractivity contribution in [3.05, 3.63) is 96.1 Å². The SMILES string of the molecule is C.COC(=O)c1ncn(Cc2ccccc2)n1.O.O=C([O-])c1ncn(Cc2ccccc2)n1.[Li+].[Li+].[OH-]. The van der Waals surface area contributed by atoms with Crippen molar-refractivity contribution >= 4 is 11.9 Å². The van der Waals surface area contributed by atoms with Crippen LogP contribution < -0.4 is 42.8 Å². The summed E-state index contributed by atoms with van der Waals surface area (Å²) < 4.78 is 7.58. The maximum Gasteiger partial charge on any atom is 1.00 e. The number of ether oxygens (including phenoxy) is 1. The van der Waals surface area contributed by atoms with Crippen molar-refractivity contribution < 1.29 is 68.1 Å². The molecule has 0 bridgehead atoms. The van der Waals surface area contributed by atoms with E-state index in [4.69, 9.17) is 0 Å². The molecule has 0 atom stereocenters. The summed E-state index contributed by atoms with van der Waals surface area (Å²) in [5.41, 5.74) is 2.14. The molecule has 2 aromatic carbocycles. The van der Waals surface area contributed by atoms with Crippen LogP contribution in [0, 0.1) is 0 Å². The first-order valence-electron chi connectivity index (χ1n) is 9.21.